The first kappa shape index (κ1) is 18.6. The van der Waals surface area contributed by atoms with Crippen molar-refractivity contribution in [3.05, 3.63) is 22.6 Å². The Hall–Kier alpha value is -3.73. The molecule has 0 saturated carbocycles. The lowest BCUT2D eigenvalue weighted by Gasteiger charge is -2.42. The Morgan fingerprint density at radius 1 is 1.48 bits per heavy atom. The van der Waals surface area contributed by atoms with E-state index in [0.29, 0.717) is 5.75 Å². The maximum Gasteiger partial charge on any atom is 0.416 e. The number of nitrogens with one attached hydrogen (secondary N) is 1. The Labute approximate surface area is 163 Å². The van der Waals surface area contributed by atoms with E-state index < -0.39 is 23.7 Å². The summed E-state index contributed by atoms with van der Waals surface area (Å²) in [7, 11) is 0. The van der Waals surface area contributed by atoms with Crippen LogP contribution in [-0.4, -0.2) is 71.5 Å². The van der Waals surface area contributed by atoms with Gasteiger partial charge >= 0.3 is 12.2 Å². The molecule has 1 aromatic heterocycles. The number of aromatic nitrogens is 1. The molecule has 4 rings (SSSR count). The topological polar surface area (TPSA) is 170 Å². The highest BCUT2D eigenvalue weighted by molar-refractivity contribution is 5.95. The van der Waals surface area contributed by atoms with Gasteiger partial charge in [-0.3, -0.25) is 9.69 Å². The fourth-order valence-electron chi connectivity index (χ4n) is 3.80. The van der Waals surface area contributed by atoms with Gasteiger partial charge in [0, 0.05) is 36.9 Å². The number of carbonyl (C=O) groups is 3. The van der Waals surface area contributed by atoms with Crippen LogP contribution in [0, 0.1) is 5.92 Å². The number of azide groups is 1. The Balaban J connectivity index is 1.60. The number of carbonyl (C=O) groups excluding carboxylic acids is 2. The van der Waals surface area contributed by atoms with Crippen LogP contribution in [-0.2, 0) is 9.53 Å². The van der Waals surface area contributed by atoms with Gasteiger partial charge in [0.15, 0.2) is 18.2 Å². The van der Waals surface area contributed by atoms with Crippen molar-refractivity contribution in [1.82, 2.24) is 9.88 Å². The summed E-state index contributed by atoms with van der Waals surface area (Å²) >= 11 is 0. The monoisotopic (exact) mass is 403 g/mol. The summed E-state index contributed by atoms with van der Waals surface area (Å²) < 4.78 is 11.0. The van der Waals surface area contributed by atoms with Crippen molar-refractivity contribution in [2.75, 3.05) is 43.0 Å². The number of carboxylic acid groups (broad SMARTS) is 1. The standard InChI is InChI=1S/C16H17N7O6/c17-21-18-5-9-6-22(14(25)26)4-3-16(9)8-23(15(27)29-16)11-2-1-10-13(19-11)20-12(24)7-28-10/h1-2,9H,3-8H2,(H,25,26)(H,19,20,24). The van der Waals surface area contributed by atoms with Gasteiger partial charge in [-0.2, -0.15) is 0 Å². The quantitative estimate of drug-likeness (QED) is 0.436. The first-order valence-electron chi connectivity index (χ1n) is 8.85. The Kier molecular flexibility index (Phi) is 4.51. The van der Waals surface area contributed by atoms with Crippen molar-refractivity contribution in [3.8, 4) is 5.75 Å². The number of fused-ring (bicyclic) bond motifs is 1. The summed E-state index contributed by atoms with van der Waals surface area (Å²) in [4.78, 5) is 45.0. The van der Waals surface area contributed by atoms with Crippen LogP contribution in [0.1, 0.15) is 6.42 Å². The zero-order valence-corrected chi connectivity index (χ0v) is 15.1. The lowest BCUT2D eigenvalue weighted by Crippen LogP contribution is -2.56. The molecule has 3 amide bonds. The lowest BCUT2D eigenvalue weighted by molar-refractivity contribution is -0.118. The predicted octanol–water partition coefficient (Wildman–Crippen LogP) is 1.42. The molecule has 29 heavy (non-hydrogen) atoms. The number of amides is 3. The molecule has 0 aromatic carbocycles. The smallest absolute Gasteiger partial charge is 0.416 e. The normalized spacial score (nSPS) is 25.6. The van der Waals surface area contributed by atoms with Gasteiger partial charge in [0.25, 0.3) is 5.91 Å². The first-order valence-corrected chi connectivity index (χ1v) is 8.85. The zero-order valence-electron chi connectivity index (χ0n) is 15.1. The molecule has 2 unspecified atom stereocenters. The SMILES string of the molecule is [N-]=[N+]=NCC1CN(C(=O)O)CCC12CN(c1ccc3c(n1)NC(=O)CO3)C(=O)O2. The summed E-state index contributed by atoms with van der Waals surface area (Å²) in [5.74, 6) is 0.0148. The number of likely N-dealkylation sites (tertiary alicyclic amines) is 1. The van der Waals surface area contributed by atoms with E-state index in [1.807, 2.05) is 0 Å². The van der Waals surface area contributed by atoms with E-state index in [4.69, 9.17) is 15.0 Å². The number of ether oxygens (including phenoxy) is 2. The minimum absolute atomic E-state index is 0.0110. The first-order chi connectivity index (χ1) is 13.9. The molecule has 2 fully saturated rings. The fraction of sp³-hybridized carbons (Fsp3) is 0.500. The maximum absolute atomic E-state index is 12.6. The van der Waals surface area contributed by atoms with Gasteiger partial charge in [0.2, 0.25) is 0 Å². The van der Waals surface area contributed by atoms with Crippen molar-refractivity contribution >= 4 is 29.7 Å². The van der Waals surface area contributed by atoms with Crippen molar-refractivity contribution < 1.29 is 29.0 Å². The maximum atomic E-state index is 12.6. The largest absolute Gasteiger partial charge is 0.480 e. The van der Waals surface area contributed by atoms with Gasteiger partial charge in [0.05, 0.1) is 6.54 Å². The summed E-state index contributed by atoms with van der Waals surface area (Å²) in [6.07, 6.45) is -1.47. The highest BCUT2D eigenvalue weighted by Crippen LogP contribution is 2.40. The second-order valence-corrected chi connectivity index (χ2v) is 6.96. The van der Waals surface area contributed by atoms with Crippen LogP contribution in [0.4, 0.5) is 21.2 Å². The lowest BCUT2D eigenvalue weighted by atomic mass is 9.80. The van der Waals surface area contributed by atoms with Crippen LogP contribution < -0.4 is 15.0 Å². The number of anilines is 2. The van der Waals surface area contributed by atoms with E-state index in [9.17, 15) is 19.5 Å². The van der Waals surface area contributed by atoms with Gasteiger partial charge in [-0.25, -0.2) is 14.6 Å². The summed E-state index contributed by atoms with van der Waals surface area (Å²) in [6.45, 7) is 0.264. The van der Waals surface area contributed by atoms with Crippen LogP contribution in [0.15, 0.2) is 17.2 Å². The molecule has 152 valence electrons. The Morgan fingerprint density at radius 3 is 3.07 bits per heavy atom. The minimum Gasteiger partial charge on any atom is -0.480 e. The predicted molar refractivity (Wildman–Crippen MR) is 96.6 cm³/mol. The van der Waals surface area contributed by atoms with Crippen molar-refractivity contribution in [2.24, 2.45) is 11.0 Å². The van der Waals surface area contributed by atoms with Crippen LogP contribution >= 0.6 is 0 Å². The molecule has 1 aromatic rings. The molecule has 3 aliphatic heterocycles. The third-order valence-electron chi connectivity index (χ3n) is 5.30. The summed E-state index contributed by atoms with van der Waals surface area (Å²) in [5.41, 5.74) is 7.67. The van der Waals surface area contributed by atoms with Crippen molar-refractivity contribution in [2.45, 2.75) is 12.0 Å². The van der Waals surface area contributed by atoms with E-state index in [-0.39, 0.29) is 56.7 Å². The average Bonchev–Trinajstić information content (AvgIpc) is 3.03. The highest BCUT2D eigenvalue weighted by Gasteiger charge is 2.54. The molecule has 0 bridgehead atoms. The number of nitrogens with zero attached hydrogens (tertiary/aromatic N) is 6. The fourth-order valence-corrected chi connectivity index (χ4v) is 3.80. The van der Waals surface area contributed by atoms with E-state index in [1.54, 1.807) is 12.1 Å². The van der Waals surface area contributed by atoms with Crippen LogP contribution in [0.3, 0.4) is 0 Å². The molecule has 0 aliphatic carbocycles. The number of hydrogen-bond donors (Lipinski definition) is 2. The number of hydrogen-bond acceptors (Lipinski definition) is 7. The summed E-state index contributed by atoms with van der Waals surface area (Å²) in [6, 6.07) is 3.17. The molecule has 2 saturated heterocycles. The van der Waals surface area contributed by atoms with E-state index in [2.05, 4.69) is 20.3 Å². The molecule has 2 atom stereocenters. The molecule has 2 N–H and O–H groups in total. The molecule has 4 heterocycles. The van der Waals surface area contributed by atoms with Crippen LogP contribution in [0.25, 0.3) is 10.4 Å². The van der Waals surface area contributed by atoms with Crippen molar-refractivity contribution in [1.29, 1.82) is 0 Å². The Bertz CT molecular complexity index is 932. The molecular weight excluding hydrogens is 386 g/mol. The number of rotatable bonds is 3. The van der Waals surface area contributed by atoms with Crippen LogP contribution in [0.2, 0.25) is 0 Å². The second kappa shape index (κ2) is 7.02. The minimum atomic E-state index is -1.08. The van der Waals surface area contributed by atoms with Gasteiger partial charge in [-0.1, -0.05) is 5.11 Å². The van der Waals surface area contributed by atoms with Crippen molar-refractivity contribution in [3.63, 3.8) is 0 Å². The third-order valence-corrected chi connectivity index (χ3v) is 5.30. The summed E-state index contributed by atoms with van der Waals surface area (Å²) in [5, 5.41) is 15.4. The molecule has 1 spiro atoms. The molecule has 13 heteroatoms. The average molecular weight is 403 g/mol. The van der Waals surface area contributed by atoms with E-state index in [0.717, 1.165) is 0 Å². The zero-order chi connectivity index (χ0) is 20.6. The van der Waals surface area contributed by atoms with Crippen LogP contribution in [0.5, 0.6) is 5.75 Å². The number of pyridine rings is 1. The molecule has 0 radical (unpaired) electrons. The van der Waals surface area contributed by atoms with Gasteiger partial charge < -0.3 is 24.8 Å². The molecule has 13 nitrogen and oxygen atoms in total. The molecular formula is C16H17N7O6. The van der Waals surface area contributed by atoms with Gasteiger partial charge in [-0.05, 0) is 17.7 Å². The van der Waals surface area contributed by atoms with E-state index >= 15 is 0 Å². The van der Waals surface area contributed by atoms with Gasteiger partial charge in [0.1, 0.15) is 11.4 Å². The Morgan fingerprint density at radius 2 is 2.31 bits per heavy atom. The third kappa shape index (κ3) is 3.31. The highest BCUT2D eigenvalue weighted by atomic mass is 16.6. The second-order valence-electron chi connectivity index (χ2n) is 6.96. The van der Waals surface area contributed by atoms with E-state index in [1.165, 1.54) is 9.80 Å². The van der Waals surface area contributed by atoms with Gasteiger partial charge in [-0.15, -0.1) is 0 Å². The number of piperidine rings is 1. The molecule has 3 aliphatic rings.